The largest absolute Gasteiger partial charge is 0.507 e. The van der Waals surface area contributed by atoms with Crippen LogP contribution in [-0.2, 0) is 16.1 Å². The molecular formula is C12H14O4. The minimum absolute atomic E-state index is 0.0247. The highest BCUT2D eigenvalue weighted by atomic mass is 16.5. The van der Waals surface area contributed by atoms with Gasteiger partial charge in [0, 0.05) is 12.5 Å². The molecule has 1 rings (SSSR count). The predicted molar refractivity (Wildman–Crippen MR) is 58.3 cm³/mol. The summed E-state index contributed by atoms with van der Waals surface area (Å²) in [5.41, 5.74) is 1.53. The maximum atomic E-state index is 11.2. The van der Waals surface area contributed by atoms with E-state index in [0.717, 1.165) is 5.56 Å². The van der Waals surface area contributed by atoms with Gasteiger partial charge < -0.3 is 9.84 Å². The average molecular weight is 222 g/mol. The first kappa shape index (κ1) is 12.2. The molecule has 0 fully saturated rings. The Kier molecular flexibility index (Phi) is 3.66. The van der Waals surface area contributed by atoms with Crippen molar-refractivity contribution in [1.29, 1.82) is 0 Å². The first-order valence-electron chi connectivity index (χ1n) is 4.88. The molecule has 0 heterocycles. The number of hydrogen-bond acceptors (Lipinski definition) is 4. The number of aryl methyl sites for hydroxylation is 1. The molecule has 0 saturated heterocycles. The Morgan fingerprint density at radius 3 is 2.44 bits per heavy atom. The highest BCUT2D eigenvalue weighted by molar-refractivity contribution is 5.97. The first-order valence-corrected chi connectivity index (χ1v) is 4.88. The molecule has 1 N–H and O–H groups in total. The maximum Gasteiger partial charge on any atom is 0.302 e. The van der Waals surface area contributed by atoms with Gasteiger partial charge in [0.15, 0.2) is 5.78 Å². The minimum Gasteiger partial charge on any atom is -0.507 e. The van der Waals surface area contributed by atoms with Gasteiger partial charge in [-0.1, -0.05) is 0 Å². The number of carbonyl (C=O) groups is 2. The Balaban J connectivity index is 3.09. The average Bonchev–Trinajstić information content (AvgIpc) is 2.18. The van der Waals surface area contributed by atoms with Crippen molar-refractivity contribution < 1.29 is 19.4 Å². The van der Waals surface area contributed by atoms with E-state index < -0.39 is 5.97 Å². The summed E-state index contributed by atoms with van der Waals surface area (Å²) in [6.45, 7) is 4.45. The Labute approximate surface area is 93.9 Å². The molecule has 0 saturated carbocycles. The van der Waals surface area contributed by atoms with Crippen molar-refractivity contribution in [2.24, 2.45) is 0 Å². The van der Waals surface area contributed by atoms with Gasteiger partial charge in [-0.2, -0.15) is 0 Å². The Morgan fingerprint density at radius 1 is 1.31 bits per heavy atom. The minimum atomic E-state index is -0.426. The summed E-state index contributed by atoms with van der Waals surface area (Å²) in [6.07, 6.45) is 0. The summed E-state index contributed by atoms with van der Waals surface area (Å²) in [5, 5.41) is 9.78. The number of phenols is 1. The van der Waals surface area contributed by atoms with Crippen LogP contribution in [0.5, 0.6) is 5.75 Å². The highest BCUT2D eigenvalue weighted by Crippen LogP contribution is 2.25. The van der Waals surface area contributed by atoms with Gasteiger partial charge in [0.25, 0.3) is 0 Å². The second-order valence-corrected chi connectivity index (χ2v) is 3.66. The fourth-order valence-corrected chi connectivity index (χ4v) is 1.41. The number of hydrogen-bond donors (Lipinski definition) is 1. The van der Waals surface area contributed by atoms with Crippen molar-refractivity contribution in [3.05, 3.63) is 28.8 Å². The van der Waals surface area contributed by atoms with E-state index in [0.29, 0.717) is 5.56 Å². The van der Waals surface area contributed by atoms with Gasteiger partial charge in [-0.25, -0.2) is 0 Å². The summed E-state index contributed by atoms with van der Waals surface area (Å²) in [5.74, 6) is -0.755. The monoisotopic (exact) mass is 222 g/mol. The third-order valence-corrected chi connectivity index (χ3v) is 2.14. The summed E-state index contributed by atoms with van der Waals surface area (Å²) >= 11 is 0. The van der Waals surface area contributed by atoms with Gasteiger partial charge in [0.1, 0.15) is 12.4 Å². The Bertz CT molecular complexity index is 435. The van der Waals surface area contributed by atoms with Crippen LogP contribution in [0.1, 0.15) is 35.3 Å². The van der Waals surface area contributed by atoms with Gasteiger partial charge in [-0.3, -0.25) is 9.59 Å². The molecule has 0 amide bonds. The van der Waals surface area contributed by atoms with E-state index >= 15 is 0 Å². The number of benzene rings is 1. The lowest BCUT2D eigenvalue weighted by molar-refractivity contribution is -0.142. The van der Waals surface area contributed by atoms with E-state index in [4.69, 9.17) is 4.74 Å². The van der Waals surface area contributed by atoms with Crippen LogP contribution in [0.25, 0.3) is 0 Å². The molecule has 86 valence electrons. The zero-order valence-corrected chi connectivity index (χ0v) is 9.53. The maximum absolute atomic E-state index is 11.2. The van der Waals surface area contributed by atoms with Crippen molar-refractivity contribution in [2.75, 3.05) is 0 Å². The third-order valence-electron chi connectivity index (χ3n) is 2.14. The molecule has 0 bridgehead atoms. The zero-order chi connectivity index (χ0) is 12.3. The number of carbonyl (C=O) groups excluding carboxylic acids is 2. The Hall–Kier alpha value is -1.84. The molecule has 16 heavy (non-hydrogen) atoms. The molecule has 0 spiro atoms. The van der Waals surface area contributed by atoms with Crippen molar-refractivity contribution in [3.8, 4) is 5.75 Å². The smallest absolute Gasteiger partial charge is 0.302 e. The highest BCUT2D eigenvalue weighted by Gasteiger charge is 2.12. The lowest BCUT2D eigenvalue weighted by Gasteiger charge is -2.09. The number of ether oxygens (including phenoxy) is 1. The quantitative estimate of drug-likeness (QED) is 0.627. The van der Waals surface area contributed by atoms with Crippen molar-refractivity contribution >= 4 is 11.8 Å². The van der Waals surface area contributed by atoms with Gasteiger partial charge >= 0.3 is 5.97 Å². The van der Waals surface area contributed by atoms with Crippen molar-refractivity contribution in [1.82, 2.24) is 0 Å². The number of rotatable bonds is 3. The SMILES string of the molecule is CC(=O)OCc1cc(C)cc(C(C)=O)c1O. The third kappa shape index (κ3) is 2.82. The molecule has 0 aliphatic rings. The van der Waals surface area contributed by atoms with E-state index in [1.807, 2.05) is 6.92 Å². The molecule has 1 aromatic rings. The second-order valence-electron chi connectivity index (χ2n) is 3.66. The first-order chi connectivity index (χ1) is 7.41. The van der Waals surface area contributed by atoms with Crippen molar-refractivity contribution in [2.45, 2.75) is 27.4 Å². The van der Waals surface area contributed by atoms with Crippen LogP contribution in [0.3, 0.4) is 0 Å². The van der Waals surface area contributed by atoms with Crippen LogP contribution < -0.4 is 0 Å². The number of Topliss-reactive ketones (excluding diaryl/α,β-unsaturated/α-hetero) is 1. The molecule has 0 radical (unpaired) electrons. The zero-order valence-electron chi connectivity index (χ0n) is 9.53. The fraction of sp³-hybridized carbons (Fsp3) is 0.333. The standard InChI is InChI=1S/C12H14O4/c1-7-4-10(6-16-9(3)14)12(15)11(5-7)8(2)13/h4-5,15H,6H2,1-3H3. The molecule has 1 aromatic carbocycles. The van der Waals surface area contributed by atoms with E-state index in [1.165, 1.54) is 13.8 Å². The molecule has 0 aromatic heterocycles. The van der Waals surface area contributed by atoms with Crippen LogP contribution in [-0.4, -0.2) is 16.9 Å². The van der Waals surface area contributed by atoms with E-state index in [9.17, 15) is 14.7 Å². The van der Waals surface area contributed by atoms with Gasteiger partial charge in [0.05, 0.1) is 5.56 Å². The fourth-order valence-electron chi connectivity index (χ4n) is 1.41. The second kappa shape index (κ2) is 4.79. The molecule has 4 nitrogen and oxygen atoms in total. The molecule has 0 unspecified atom stereocenters. The van der Waals surface area contributed by atoms with Gasteiger partial charge in [0.2, 0.25) is 0 Å². The lowest BCUT2D eigenvalue weighted by Crippen LogP contribution is -2.02. The summed E-state index contributed by atoms with van der Waals surface area (Å²) in [6, 6.07) is 3.29. The van der Waals surface area contributed by atoms with Gasteiger partial charge in [-0.05, 0) is 31.5 Å². The number of phenolic OH excluding ortho intramolecular Hbond substituents is 1. The molecular weight excluding hydrogens is 208 g/mol. The van der Waals surface area contributed by atoms with Crippen molar-refractivity contribution in [3.63, 3.8) is 0 Å². The van der Waals surface area contributed by atoms with E-state index in [-0.39, 0.29) is 23.7 Å². The molecule has 0 atom stereocenters. The summed E-state index contributed by atoms with van der Waals surface area (Å²) in [4.78, 5) is 21.9. The van der Waals surface area contributed by atoms with Gasteiger partial charge in [-0.15, -0.1) is 0 Å². The number of aromatic hydroxyl groups is 1. The molecule has 0 aliphatic heterocycles. The van der Waals surface area contributed by atoms with E-state index in [2.05, 4.69) is 0 Å². The van der Waals surface area contributed by atoms with Crippen LogP contribution >= 0.6 is 0 Å². The van der Waals surface area contributed by atoms with E-state index in [1.54, 1.807) is 12.1 Å². The molecule has 4 heteroatoms. The van der Waals surface area contributed by atoms with Crippen LogP contribution in [0.4, 0.5) is 0 Å². The normalized spacial score (nSPS) is 9.94. The number of ketones is 1. The molecule has 0 aliphatic carbocycles. The Morgan fingerprint density at radius 2 is 1.94 bits per heavy atom. The van der Waals surface area contributed by atoms with Crippen LogP contribution in [0.2, 0.25) is 0 Å². The number of esters is 1. The van der Waals surface area contributed by atoms with Crippen LogP contribution in [0.15, 0.2) is 12.1 Å². The summed E-state index contributed by atoms with van der Waals surface area (Å²) in [7, 11) is 0. The van der Waals surface area contributed by atoms with Crippen LogP contribution in [0, 0.1) is 6.92 Å². The summed E-state index contributed by atoms with van der Waals surface area (Å²) < 4.78 is 4.79. The topological polar surface area (TPSA) is 63.6 Å². The predicted octanol–water partition coefficient (Wildman–Crippen LogP) is 1.97. The lowest BCUT2D eigenvalue weighted by atomic mass is 10.0.